The van der Waals surface area contributed by atoms with Crippen molar-refractivity contribution in [3.05, 3.63) is 53.9 Å². The van der Waals surface area contributed by atoms with E-state index in [2.05, 4.69) is 15.5 Å². The van der Waals surface area contributed by atoms with Gasteiger partial charge < -0.3 is 9.47 Å². The Balaban J connectivity index is 2.00. The zero-order valence-electron chi connectivity index (χ0n) is 13.4. The molecule has 120 valence electrons. The van der Waals surface area contributed by atoms with Crippen molar-refractivity contribution in [3.8, 4) is 11.5 Å². The van der Waals surface area contributed by atoms with E-state index in [0.29, 0.717) is 17.2 Å². The van der Waals surface area contributed by atoms with Crippen LogP contribution in [-0.4, -0.2) is 30.8 Å². The van der Waals surface area contributed by atoms with Crippen molar-refractivity contribution >= 4 is 11.6 Å². The highest BCUT2D eigenvalue weighted by atomic mass is 16.5. The van der Waals surface area contributed by atoms with E-state index >= 15 is 0 Å². The van der Waals surface area contributed by atoms with Crippen LogP contribution in [0, 0.1) is 0 Å². The summed E-state index contributed by atoms with van der Waals surface area (Å²) in [6.45, 7) is 1.81. The average molecular weight is 313 g/mol. The second-order valence-corrected chi connectivity index (χ2v) is 4.84. The molecule has 1 heterocycles. The van der Waals surface area contributed by atoms with Crippen molar-refractivity contribution < 1.29 is 14.3 Å². The number of ether oxygens (including phenoxy) is 2. The fourth-order valence-electron chi connectivity index (χ4n) is 2.00. The SMILES string of the molecule is COc1ccc(CC(=O)NN=C(C)c2cccnc2)cc1OC. The Morgan fingerprint density at radius 1 is 1.22 bits per heavy atom. The smallest absolute Gasteiger partial charge is 0.244 e. The van der Waals surface area contributed by atoms with E-state index in [4.69, 9.17) is 9.47 Å². The molecule has 23 heavy (non-hydrogen) atoms. The van der Waals surface area contributed by atoms with Crippen molar-refractivity contribution in [2.75, 3.05) is 14.2 Å². The second kappa shape index (κ2) is 7.93. The van der Waals surface area contributed by atoms with Crippen molar-refractivity contribution in [3.63, 3.8) is 0 Å². The molecule has 2 rings (SSSR count). The number of rotatable bonds is 6. The molecule has 0 aliphatic heterocycles. The average Bonchev–Trinajstić information content (AvgIpc) is 2.60. The van der Waals surface area contributed by atoms with Gasteiger partial charge in [0.15, 0.2) is 11.5 Å². The van der Waals surface area contributed by atoms with E-state index in [1.54, 1.807) is 38.7 Å². The van der Waals surface area contributed by atoms with Crippen LogP contribution in [-0.2, 0) is 11.2 Å². The third-order valence-corrected chi connectivity index (χ3v) is 3.24. The van der Waals surface area contributed by atoms with Gasteiger partial charge in [-0.2, -0.15) is 5.10 Å². The van der Waals surface area contributed by atoms with Crippen molar-refractivity contribution in [1.29, 1.82) is 0 Å². The molecule has 0 radical (unpaired) electrons. The molecule has 0 saturated heterocycles. The molecule has 0 fully saturated rings. The summed E-state index contributed by atoms with van der Waals surface area (Å²) >= 11 is 0. The lowest BCUT2D eigenvalue weighted by atomic mass is 10.1. The molecule has 0 atom stereocenters. The Morgan fingerprint density at radius 3 is 2.65 bits per heavy atom. The molecule has 1 N–H and O–H groups in total. The van der Waals surface area contributed by atoms with E-state index in [0.717, 1.165) is 11.1 Å². The van der Waals surface area contributed by atoms with Crippen LogP contribution in [0.4, 0.5) is 0 Å². The molecule has 6 heteroatoms. The van der Waals surface area contributed by atoms with Crippen molar-refractivity contribution in [2.24, 2.45) is 5.10 Å². The molecule has 0 spiro atoms. The van der Waals surface area contributed by atoms with Crippen LogP contribution < -0.4 is 14.9 Å². The first-order valence-corrected chi connectivity index (χ1v) is 7.08. The van der Waals surface area contributed by atoms with Gasteiger partial charge in [0.25, 0.3) is 0 Å². The van der Waals surface area contributed by atoms with Gasteiger partial charge in [0.2, 0.25) is 5.91 Å². The summed E-state index contributed by atoms with van der Waals surface area (Å²) in [7, 11) is 3.13. The highest BCUT2D eigenvalue weighted by Crippen LogP contribution is 2.27. The maximum absolute atomic E-state index is 12.0. The first-order valence-electron chi connectivity index (χ1n) is 7.08. The summed E-state index contributed by atoms with van der Waals surface area (Å²) in [5.41, 5.74) is 4.91. The van der Waals surface area contributed by atoms with Gasteiger partial charge in [0.05, 0.1) is 26.4 Å². The lowest BCUT2D eigenvalue weighted by Crippen LogP contribution is -2.21. The van der Waals surface area contributed by atoms with Crippen LogP contribution in [0.15, 0.2) is 47.8 Å². The number of hydrazone groups is 1. The second-order valence-electron chi connectivity index (χ2n) is 4.84. The number of hydrogen-bond donors (Lipinski definition) is 1. The normalized spacial score (nSPS) is 11.0. The van der Waals surface area contributed by atoms with Gasteiger partial charge in [0.1, 0.15) is 0 Å². The Hall–Kier alpha value is -2.89. The van der Waals surface area contributed by atoms with Gasteiger partial charge in [-0.05, 0) is 30.7 Å². The van der Waals surface area contributed by atoms with E-state index in [-0.39, 0.29) is 12.3 Å². The molecule has 0 aliphatic rings. The highest BCUT2D eigenvalue weighted by Gasteiger charge is 2.08. The minimum atomic E-state index is -0.208. The summed E-state index contributed by atoms with van der Waals surface area (Å²) in [6.07, 6.45) is 3.58. The predicted octanol–water partition coefficient (Wildman–Crippen LogP) is 2.18. The summed E-state index contributed by atoms with van der Waals surface area (Å²) in [5.74, 6) is 1.01. The lowest BCUT2D eigenvalue weighted by Gasteiger charge is -2.09. The van der Waals surface area contributed by atoms with Crippen LogP contribution in [0.1, 0.15) is 18.1 Å². The number of carbonyl (C=O) groups excluding carboxylic acids is 1. The first-order chi connectivity index (χ1) is 11.1. The number of methoxy groups -OCH3 is 2. The molecular weight excluding hydrogens is 294 g/mol. The Labute approximate surface area is 135 Å². The van der Waals surface area contributed by atoms with Gasteiger partial charge in [0, 0.05) is 18.0 Å². The topological polar surface area (TPSA) is 72.8 Å². The molecule has 1 amide bonds. The van der Waals surface area contributed by atoms with E-state index in [1.807, 2.05) is 25.1 Å². The van der Waals surface area contributed by atoms with E-state index < -0.39 is 0 Å². The first kappa shape index (κ1) is 16.5. The third-order valence-electron chi connectivity index (χ3n) is 3.24. The predicted molar refractivity (Wildman–Crippen MR) is 87.8 cm³/mol. The van der Waals surface area contributed by atoms with Crippen LogP contribution in [0.5, 0.6) is 11.5 Å². The number of amides is 1. The van der Waals surface area contributed by atoms with Gasteiger partial charge in [-0.1, -0.05) is 12.1 Å². The zero-order chi connectivity index (χ0) is 16.7. The summed E-state index contributed by atoms with van der Waals surface area (Å²) in [5, 5.41) is 4.09. The zero-order valence-corrected chi connectivity index (χ0v) is 13.4. The van der Waals surface area contributed by atoms with Crippen LogP contribution in [0.25, 0.3) is 0 Å². The minimum Gasteiger partial charge on any atom is -0.493 e. The van der Waals surface area contributed by atoms with Crippen LogP contribution in [0.3, 0.4) is 0 Å². The van der Waals surface area contributed by atoms with E-state index in [9.17, 15) is 4.79 Å². The van der Waals surface area contributed by atoms with Gasteiger partial charge >= 0.3 is 0 Å². The third kappa shape index (κ3) is 4.54. The van der Waals surface area contributed by atoms with Crippen LogP contribution >= 0.6 is 0 Å². The van der Waals surface area contributed by atoms with Gasteiger partial charge in [-0.15, -0.1) is 0 Å². The molecule has 0 aliphatic carbocycles. The number of benzene rings is 1. The number of nitrogens with one attached hydrogen (secondary N) is 1. The molecular formula is C17H19N3O3. The molecule has 0 bridgehead atoms. The largest absolute Gasteiger partial charge is 0.493 e. The number of carbonyl (C=O) groups is 1. The van der Waals surface area contributed by atoms with Crippen LogP contribution in [0.2, 0.25) is 0 Å². The Bertz CT molecular complexity index is 699. The Kier molecular flexibility index (Phi) is 5.68. The minimum absolute atomic E-state index is 0.199. The lowest BCUT2D eigenvalue weighted by molar-refractivity contribution is -0.120. The Morgan fingerprint density at radius 2 is 2.00 bits per heavy atom. The van der Waals surface area contributed by atoms with Gasteiger partial charge in [-0.25, -0.2) is 5.43 Å². The fraction of sp³-hybridized carbons (Fsp3) is 0.235. The summed E-state index contributed by atoms with van der Waals surface area (Å²) in [4.78, 5) is 16.0. The van der Waals surface area contributed by atoms with E-state index in [1.165, 1.54) is 0 Å². The molecule has 0 saturated carbocycles. The van der Waals surface area contributed by atoms with Crippen molar-refractivity contribution in [2.45, 2.75) is 13.3 Å². The number of pyridine rings is 1. The monoisotopic (exact) mass is 313 g/mol. The number of nitrogens with zero attached hydrogens (tertiary/aromatic N) is 2. The molecule has 1 aromatic heterocycles. The highest BCUT2D eigenvalue weighted by molar-refractivity contribution is 5.99. The van der Waals surface area contributed by atoms with Crippen molar-refractivity contribution in [1.82, 2.24) is 10.4 Å². The standard InChI is InChI=1S/C17H19N3O3/c1-12(14-5-4-8-18-11-14)19-20-17(21)10-13-6-7-15(22-2)16(9-13)23-3/h4-9,11H,10H2,1-3H3,(H,20,21). The molecule has 2 aromatic rings. The summed E-state index contributed by atoms with van der Waals surface area (Å²) in [6, 6.07) is 9.06. The van der Waals surface area contributed by atoms with Gasteiger partial charge in [-0.3, -0.25) is 9.78 Å². The molecule has 6 nitrogen and oxygen atoms in total. The summed E-state index contributed by atoms with van der Waals surface area (Å²) < 4.78 is 10.4. The number of aromatic nitrogens is 1. The molecule has 1 aromatic carbocycles. The number of hydrogen-bond acceptors (Lipinski definition) is 5. The molecule has 0 unspecified atom stereocenters. The maximum atomic E-state index is 12.0. The maximum Gasteiger partial charge on any atom is 0.244 e. The fourth-order valence-corrected chi connectivity index (χ4v) is 2.00. The quantitative estimate of drug-likeness (QED) is 0.655.